The van der Waals surface area contributed by atoms with Crippen LogP contribution in [0.4, 0.5) is 10.2 Å². The van der Waals surface area contributed by atoms with E-state index < -0.39 is 5.60 Å². The molecule has 2 aliphatic rings. The molecule has 2 fully saturated rings. The van der Waals surface area contributed by atoms with E-state index in [1.54, 1.807) is 18.3 Å². The van der Waals surface area contributed by atoms with Gasteiger partial charge in [0.15, 0.2) is 0 Å². The van der Waals surface area contributed by atoms with E-state index in [0.29, 0.717) is 23.1 Å². The first kappa shape index (κ1) is 25.1. The van der Waals surface area contributed by atoms with E-state index in [1.807, 2.05) is 24.8 Å². The fourth-order valence-electron chi connectivity index (χ4n) is 4.34. The van der Waals surface area contributed by atoms with Crippen molar-refractivity contribution in [1.82, 2.24) is 9.88 Å². The monoisotopic (exact) mass is 516 g/mol. The van der Waals surface area contributed by atoms with E-state index in [-0.39, 0.29) is 30.4 Å². The molecule has 1 amide bonds. The second kappa shape index (κ2) is 10.6. The molecule has 176 valence electrons. The zero-order valence-electron chi connectivity index (χ0n) is 19.5. The first-order valence-corrected chi connectivity index (χ1v) is 12.1. The van der Waals surface area contributed by atoms with Gasteiger partial charge in [-0.15, -0.1) is 0 Å². The molecular formula is C25H30BrFN4O2. The lowest BCUT2D eigenvalue weighted by molar-refractivity contribution is -0.140. The SMILES string of the molecule is CC.CC1CN(C(=O)COC2(c3ccc(F)cc3Br)CC2)C[C@H](C)N1c1ccc(C#N)cn1. The number of anilines is 1. The molecule has 33 heavy (non-hydrogen) atoms. The second-order valence-corrected chi connectivity index (χ2v) is 9.18. The van der Waals surface area contributed by atoms with E-state index in [1.165, 1.54) is 12.1 Å². The summed E-state index contributed by atoms with van der Waals surface area (Å²) >= 11 is 3.42. The predicted molar refractivity (Wildman–Crippen MR) is 129 cm³/mol. The average molecular weight is 517 g/mol. The molecule has 1 unspecified atom stereocenters. The Morgan fingerprint density at radius 2 is 1.91 bits per heavy atom. The summed E-state index contributed by atoms with van der Waals surface area (Å²) in [5.41, 5.74) is 0.908. The van der Waals surface area contributed by atoms with Crippen LogP contribution >= 0.6 is 15.9 Å². The summed E-state index contributed by atoms with van der Waals surface area (Å²) in [7, 11) is 0. The molecule has 1 saturated carbocycles. The molecule has 4 rings (SSSR count). The van der Waals surface area contributed by atoms with Crippen molar-refractivity contribution in [3.63, 3.8) is 0 Å². The lowest BCUT2D eigenvalue weighted by Gasteiger charge is -2.45. The number of nitrogens with zero attached hydrogens (tertiary/aromatic N) is 4. The fourth-order valence-corrected chi connectivity index (χ4v) is 5.05. The Bertz CT molecular complexity index is 1010. The van der Waals surface area contributed by atoms with Crippen LogP contribution in [0, 0.1) is 17.1 Å². The first-order valence-electron chi connectivity index (χ1n) is 11.3. The summed E-state index contributed by atoms with van der Waals surface area (Å²) in [5.74, 6) is 0.455. The standard InChI is InChI=1S/C23H24BrFN4O2.C2H6/c1-15-12-28(13-16(2)29(15)21-6-3-17(10-26)11-27-21)22(30)14-31-23(7-8-23)19-5-4-18(25)9-20(19)24;1-2/h3-6,9,11,15-16H,7-8,12-14H2,1-2H3;1-2H3/t15-,16?;/m0./s1. The van der Waals surface area contributed by atoms with Crippen molar-refractivity contribution in [1.29, 1.82) is 5.26 Å². The number of nitriles is 1. The molecular weight excluding hydrogens is 487 g/mol. The molecule has 0 bridgehead atoms. The summed E-state index contributed by atoms with van der Waals surface area (Å²) in [6.45, 7) is 9.27. The molecule has 2 atom stereocenters. The summed E-state index contributed by atoms with van der Waals surface area (Å²) < 4.78 is 20.2. The number of rotatable bonds is 5. The molecule has 2 heterocycles. The number of carbonyl (C=O) groups excluding carboxylic acids is 1. The number of ether oxygens (including phenoxy) is 1. The molecule has 0 spiro atoms. The molecule has 1 aliphatic carbocycles. The number of hydrogen-bond donors (Lipinski definition) is 0. The van der Waals surface area contributed by atoms with E-state index in [4.69, 9.17) is 10.00 Å². The third-order valence-corrected chi connectivity index (χ3v) is 6.67. The van der Waals surface area contributed by atoms with E-state index in [9.17, 15) is 9.18 Å². The second-order valence-electron chi connectivity index (χ2n) is 8.33. The highest BCUT2D eigenvalue weighted by molar-refractivity contribution is 9.10. The van der Waals surface area contributed by atoms with Crippen LogP contribution in [0.15, 0.2) is 41.0 Å². The van der Waals surface area contributed by atoms with Crippen molar-refractivity contribution < 1.29 is 13.9 Å². The van der Waals surface area contributed by atoms with Gasteiger partial charge in [0.1, 0.15) is 24.3 Å². The van der Waals surface area contributed by atoms with Gasteiger partial charge in [0, 0.05) is 35.8 Å². The quantitative estimate of drug-likeness (QED) is 0.558. The lowest BCUT2D eigenvalue weighted by Crippen LogP contribution is -2.59. The van der Waals surface area contributed by atoms with Crippen molar-refractivity contribution in [2.45, 2.75) is 58.2 Å². The highest BCUT2D eigenvalue weighted by Gasteiger charge is 2.47. The van der Waals surface area contributed by atoms with E-state index in [0.717, 1.165) is 24.2 Å². The van der Waals surface area contributed by atoms with E-state index >= 15 is 0 Å². The Kier molecular flexibility index (Phi) is 8.09. The van der Waals surface area contributed by atoms with Crippen molar-refractivity contribution in [3.05, 3.63) is 57.9 Å². The molecule has 8 heteroatoms. The number of halogens is 2. The molecule has 2 aromatic rings. The largest absolute Gasteiger partial charge is 0.360 e. The van der Waals surface area contributed by atoms with Crippen LogP contribution < -0.4 is 4.90 Å². The predicted octanol–water partition coefficient (Wildman–Crippen LogP) is 5.01. The lowest BCUT2D eigenvalue weighted by atomic mass is 10.1. The van der Waals surface area contributed by atoms with Crippen molar-refractivity contribution in [2.24, 2.45) is 0 Å². The van der Waals surface area contributed by atoms with Gasteiger partial charge in [-0.3, -0.25) is 4.79 Å². The zero-order valence-corrected chi connectivity index (χ0v) is 21.1. The Morgan fingerprint density at radius 3 is 2.42 bits per heavy atom. The van der Waals surface area contributed by atoms with Gasteiger partial charge >= 0.3 is 0 Å². The molecule has 0 radical (unpaired) electrons. The van der Waals surface area contributed by atoms with Crippen molar-refractivity contribution >= 4 is 27.7 Å². The Morgan fingerprint density at radius 1 is 1.24 bits per heavy atom. The maximum Gasteiger partial charge on any atom is 0.248 e. The van der Waals surface area contributed by atoms with Crippen LogP contribution in [-0.2, 0) is 15.1 Å². The van der Waals surface area contributed by atoms with Gasteiger partial charge < -0.3 is 14.5 Å². The van der Waals surface area contributed by atoms with Gasteiger partial charge in [0.2, 0.25) is 5.91 Å². The molecule has 6 nitrogen and oxygen atoms in total. The van der Waals surface area contributed by atoms with Gasteiger partial charge in [0.25, 0.3) is 0 Å². The fraction of sp³-hybridized carbons (Fsp3) is 0.480. The summed E-state index contributed by atoms with van der Waals surface area (Å²) in [4.78, 5) is 21.4. The highest BCUT2D eigenvalue weighted by atomic mass is 79.9. The van der Waals surface area contributed by atoms with Gasteiger partial charge in [-0.2, -0.15) is 5.26 Å². The summed E-state index contributed by atoms with van der Waals surface area (Å²) in [6, 6.07) is 10.4. The van der Waals surface area contributed by atoms with Gasteiger partial charge in [-0.1, -0.05) is 35.8 Å². The van der Waals surface area contributed by atoms with Crippen LogP contribution in [0.5, 0.6) is 0 Å². The Hall–Kier alpha value is -2.50. The topological polar surface area (TPSA) is 69.5 Å². The average Bonchev–Trinajstić information content (AvgIpc) is 3.59. The van der Waals surface area contributed by atoms with Crippen LogP contribution in [0.2, 0.25) is 0 Å². The number of amides is 1. The number of pyridine rings is 1. The van der Waals surface area contributed by atoms with Crippen LogP contribution in [0.25, 0.3) is 0 Å². The maximum absolute atomic E-state index is 13.4. The summed E-state index contributed by atoms with van der Waals surface area (Å²) in [5, 5.41) is 8.97. The molecule has 1 aromatic heterocycles. The first-order chi connectivity index (χ1) is 15.8. The Labute approximate surface area is 203 Å². The third-order valence-electron chi connectivity index (χ3n) is 6.01. The number of carbonyl (C=O) groups is 1. The minimum absolute atomic E-state index is 0.00161. The number of aromatic nitrogens is 1. The smallest absolute Gasteiger partial charge is 0.248 e. The maximum atomic E-state index is 13.4. The van der Waals surface area contributed by atoms with Crippen LogP contribution in [-0.4, -0.2) is 47.6 Å². The van der Waals surface area contributed by atoms with Crippen LogP contribution in [0.3, 0.4) is 0 Å². The molecule has 1 aliphatic heterocycles. The van der Waals surface area contributed by atoms with Crippen molar-refractivity contribution in [2.75, 3.05) is 24.6 Å². The highest BCUT2D eigenvalue weighted by Crippen LogP contribution is 2.51. The Balaban J connectivity index is 0.00000149. The van der Waals surface area contributed by atoms with Crippen molar-refractivity contribution in [3.8, 4) is 6.07 Å². The number of piperazine rings is 1. The summed E-state index contributed by atoms with van der Waals surface area (Å²) in [6.07, 6.45) is 3.20. The molecule has 1 saturated heterocycles. The van der Waals surface area contributed by atoms with Gasteiger partial charge in [-0.05, 0) is 56.5 Å². The molecule has 0 N–H and O–H groups in total. The minimum Gasteiger partial charge on any atom is -0.360 e. The third kappa shape index (κ3) is 5.53. The minimum atomic E-state index is -0.506. The zero-order chi connectivity index (χ0) is 24.2. The van der Waals surface area contributed by atoms with Gasteiger partial charge in [0.05, 0.1) is 11.2 Å². The molecule has 1 aromatic carbocycles. The number of hydrogen-bond acceptors (Lipinski definition) is 5. The number of benzene rings is 1. The van der Waals surface area contributed by atoms with E-state index in [2.05, 4.69) is 45.7 Å². The normalized spacial score (nSPS) is 21.0. The van der Waals surface area contributed by atoms with Crippen LogP contribution in [0.1, 0.15) is 51.7 Å². The van der Waals surface area contributed by atoms with Gasteiger partial charge in [-0.25, -0.2) is 9.37 Å².